The lowest BCUT2D eigenvalue weighted by molar-refractivity contribution is 0.425. The van der Waals surface area contributed by atoms with Crippen LogP contribution >= 0.6 is 0 Å². The standard InChI is InChI=1S/C16H13BN2O2/c20-17(21)14-11-18-16(13-9-5-2-6-10-13)19-15(14)12-7-3-1-4-8-12/h1-11,20-21H. The van der Waals surface area contributed by atoms with Gasteiger partial charge in [0.1, 0.15) is 0 Å². The maximum atomic E-state index is 9.50. The van der Waals surface area contributed by atoms with Crippen LogP contribution in [0.4, 0.5) is 0 Å². The molecule has 2 N–H and O–H groups in total. The number of nitrogens with zero attached hydrogens (tertiary/aromatic N) is 2. The van der Waals surface area contributed by atoms with Crippen molar-refractivity contribution in [2.45, 2.75) is 0 Å². The molecular formula is C16H13BN2O2. The Morgan fingerprint density at radius 1 is 0.762 bits per heavy atom. The molecule has 21 heavy (non-hydrogen) atoms. The Morgan fingerprint density at radius 3 is 1.90 bits per heavy atom. The van der Waals surface area contributed by atoms with E-state index in [4.69, 9.17) is 0 Å². The highest BCUT2D eigenvalue weighted by molar-refractivity contribution is 6.60. The number of hydrogen-bond acceptors (Lipinski definition) is 4. The molecule has 0 fully saturated rings. The first-order valence-corrected chi connectivity index (χ1v) is 6.59. The minimum Gasteiger partial charge on any atom is -0.423 e. The van der Waals surface area contributed by atoms with Gasteiger partial charge in [0.2, 0.25) is 0 Å². The Kier molecular flexibility index (Phi) is 3.77. The summed E-state index contributed by atoms with van der Waals surface area (Å²) in [7, 11) is -1.61. The van der Waals surface area contributed by atoms with E-state index >= 15 is 0 Å². The summed E-state index contributed by atoms with van der Waals surface area (Å²) < 4.78 is 0. The lowest BCUT2D eigenvalue weighted by Crippen LogP contribution is -2.33. The zero-order valence-corrected chi connectivity index (χ0v) is 11.2. The number of benzene rings is 2. The molecule has 0 aliphatic carbocycles. The summed E-state index contributed by atoms with van der Waals surface area (Å²) in [6.07, 6.45) is 1.46. The second-order valence-corrected chi connectivity index (χ2v) is 4.60. The van der Waals surface area contributed by atoms with Crippen LogP contribution in [0.1, 0.15) is 0 Å². The van der Waals surface area contributed by atoms with Gasteiger partial charge in [-0.05, 0) is 5.56 Å². The largest absolute Gasteiger partial charge is 0.492 e. The summed E-state index contributed by atoms with van der Waals surface area (Å²) in [5.74, 6) is 0.554. The van der Waals surface area contributed by atoms with Gasteiger partial charge in [0.25, 0.3) is 0 Å². The van der Waals surface area contributed by atoms with Gasteiger partial charge < -0.3 is 10.0 Å². The number of aromatic nitrogens is 2. The zero-order chi connectivity index (χ0) is 14.7. The molecule has 0 unspecified atom stereocenters. The van der Waals surface area contributed by atoms with E-state index in [1.54, 1.807) is 0 Å². The molecule has 0 amide bonds. The van der Waals surface area contributed by atoms with Gasteiger partial charge in [0.05, 0.1) is 5.69 Å². The van der Waals surface area contributed by atoms with Crippen molar-refractivity contribution >= 4 is 12.6 Å². The van der Waals surface area contributed by atoms with E-state index in [0.717, 1.165) is 11.1 Å². The van der Waals surface area contributed by atoms with E-state index in [1.807, 2.05) is 60.7 Å². The van der Waals surface area contributed by atoms with Crippen LogP contribution < -0.4 is 5.46 Å². The minimum absolute atomic E-state index is 0.292. The summed E-state index contributed by atoms with van der Waals surface area (Å²) in [5.41, 5.74) is 2.52. The third kappa shape index (κ3) is 2.84. The van der Waals surface area contributed by atoms with E-state index in [0.29, 0.717) is 17.0 Å². The van der Waals surface area contributed by atoms with Crippen LogP contribution in [-0.4, -0.2) is 27.1 Å². The monoisotopic (exact) mass is 276 g/mol. The fourth-order valence-electron chi connectivity index (χ4n) is 2.13. The van der Waals surface area contributed by atoms with Gasteiger partial charge >= 0.3 is 7.12 Å². The smallest absolute Gasteiger partial charge is 0.423 e. The number of rotatable bonds is 3. The third-order valence-corrected chi connectivity index (χ3v) is 3.17. The van der Waals surface area contributed by atoms with E-state index in [1.165, 1.54) is 6.20 Å². The van der Waals surface area contributed by atoms with E-state index in [-0.39, 0.29) is 0 Å². The van der Waals surface area contributed by atoms with Gasteiger partial charge in [-0.15, -0.1) is 0 Å². The molecule has 0 saturated carbocycles. The van der Waals surface area contributed by atoms with Crippen molar-refractivity contribution in [3.05, 3.63) is 66.9 Å². The van der Waals surface area contributed by atoms with Gasteiger partial charge in [-0.1, -0.05) is 60.7 Å². The molecule has 5 heteroatoms. The molecule has 3 rings (SSSR count). The van der Waals surface area contributed by atoms with Crippen molar-refractivity contribution in [2.75, 3.05) is 0 Å². The second kappa shape index (κ2) is 5.87. The third-order valence-electron chi connectivity index (χ3n) is 3.17. The average Bonchev–Trinajstić information content (AvgIpc) is 2.56. The molecule has 4 nitrogen and oxygen atoms in total. The van der Waals surface area contributed by atoms with Gasteiger partial charge in [-0.3, -0.25) is 0 Å². The second-order valence-electron chi connectivity index (χ2n) is 4.60. The average molecular weight is 276 g/mol. The Bertz CT molecular complexity index is 734. The van der Waals surface area contributed by atoms with Crippen molar-refractivity contribution in [3.63, 3.8) is 0 Å². The highest BCUT2D eigenvalue weighted by atomic mass is 16.4. The first-order valence-electron chi connectivity index (χ1n) is 6.59. The molecule has 1 aromatic heterocycles. The van der Waals surface area contributed by atoms with E-state index in [2.05, 4.69) is 9.97 Å². The van der Waals surface area contributed by atoms with E-state index in [9.17, 15) is 10.0 Å². The summed E-state index contributed by atoms with van der Waals surface area (Å²) in [6, 6.07) is 19.0. The fourth-order valence-corrected chi connectivity index (χ4v) is 2.13. The quantitative estimate of drug-likeness (QED) is 0.711. The Labute approximate surface area is 122 Å². The van der Waals surface area contributed by atoms with Crippen LogP contribution in [0.25, 0.3) is 22.6 Å². The van der Waals surface area contributed by atoms with Gasteiger partial charge in [-0.2, -0.15) is 0 Å². The van der Waals surface area contributed by atoms with Gasteiger partial charge in [0, 0.05) is 17.2 Å². The highest BCUT2D eigenvalue weighted by Gasteiger charge is 2.20. The molecule has 0 atom stereocenters. The lowest BCUT2D eigenvalue weighted by atomic mass is 9.78. The van der Waals surface area contributed by atoms with Gasteiger partial charge in [-0.25, -0.2) is 9.97 Å². The maximum Gasteiger partial charge on any atom is 0.492 e. The van der Waals surface area contributed by atoms with Crippen LogP contribution in [-0.2, 0) is 0 Å². The predicted octanol–water partition coefficient (Wildman–Crippen LogP) is 1.49. The topological polar surface area (TPSA) is 66.2 Å². The zero-order valence-electron chi connectivity index (χ0n) is 11.2. The van der Waals surface area contributed by atoms with E-state index < -0.39 is 7.12 Å². The Hall–Kier alpha value is -2.50. The molecule has 102 valence electrons. The molecule has 1 heterocycles. The predicted molar refractivity (Wildman–Crippen MR) is 82.7 cm³/mol. The normalized spacial score (nSPS) is 10.4. The van der Waals surface area contributed by atoms with Crippen LogP contribution in [0.15, 0.2) is 66.9 Å². The lowest BCUT2D eigenvalue weighted by Gasteiger charge is -2.10. The van der Waals surface area contributed by atoms with Crippen LogP contribution in [0.5, 0.6) is 0 Å². The summed E-state index contributed by atoms with van der Waals surface area (Å²) >= 11 is 0. The molecule has 3 aromatic rings. The molecular weight excluding hydrogens is 263 g/mol. The molecule has 0 bridgehead atoms. The molecule has 0 aliphatic heterocycles. The first kappa shape index (κ1) is 13.5. The van der Waals surface area contributed by atoms with Gasteiger partial charge in [0.15, 0.2) is 5.82 Å². The SMILES string of the molecule is OB(O)c1cnc(-c2ccccc2)nc1-c1ccccc1. The van der Waals surface area contributed by atoms with Crippen LogP contribution in [0.2, 0.25) is 0 Å². The van der Waals surface area contributed by atoms with Crippen molar-refractivity contribution < 1.29 is 10.0 Å². The van der Waals surface area contributed by atoms with Crippen molar-refractivity contribution in [1.29, 1.82) is 0 Å². The Morgan fingerprint density at radius 2 is 1.33 bits per heavy atom. The molecule has 0 radical (unpaired) electrons. The summed E-state index contributed by atoms with van der Waals surface area (Å²) in [5, 5.41) is 19.0. The van der Waals surface area contributed by atoms with Crippen molar-refractivity contribution in [2.24, 2.45) is 0 Å². The molecule has 0 aliphatic rings. The minimum atomic E-state index is -1.61. The summed E-state index contributed by atoms with van der Waals surface area (Å²) in [4.78, 5) is 8.73. The molecule has 0 spiro atoms. The molecule has 2 aromatic carbocycles. The Balaban J connectivity index is 2.16. The van der Waals surface area contributed by atoms with Crippen LogP contribution in [0, 0.1) is 0 Å². The number of hydrogen-bond donors (Lipinski definition) is 2. The van der Waals surface area contributed by atoms with Crippen molar-refractivity contribution in [1.82, 2.24) is 9.97 Å². The van der Waals surface area contributed by atoms with Crippen LogP contribution in [0.3, 0.4) is 0 Å². The fraction of sp³-hybridized carbons (Fsp3) is 0. The first-order chi connectivity index (χ1) is 10.3. The summed E-state index contributed by atoms with van der Waals surface area (Å²) in [6.45, 7) is 0. The maximum absolute atomic E-state index is 9.50. The highest BCUT2D eigenvalue weighted by Crippen LogP contribution is 2.19. The van der Waals surface area contributed by atoms with Crippen molar-refractivity contribution in [3.8, 4) is 22.6 Å². The molecule has 0 saturated heterocycles.